The number of carbonyl (C=O) groups is 1. The average Bonchev–Trinajstić information content (AvgIpc) is 3.18. The summed E-state index contributed by atoms with van der Waals surface area (Å²) in [5, 5.41) is 17.1. The van der Waals surface area contributed by atoms with Crippen LogP contribution in [0.4, 0.5) is 4.39 Å². The van der Waals surface area contributed by atoms with Crippen molar-refractivity contribution in [2.24, 2.45) is 0 Å². The van der Waals surface area contributed by atoms with Crippen molar-refractivity contribution in [1.82, 2.24) is 5.32 Å². The molecule has 6 heteroatoms. The summed E-state index contributed by atoms with van der Waals surface area (Å²) in [6.45, 7) is 0.0443. The van der Waals surface area contributed by atoms with E-state index in [9.17, 15) is 14.3 Å². The van der Waals surface area contributed by atoms with Crippen molar-refractivity contribution >= 4 is 28.8 Å². The molecule has 2 aromatic carbocycles. The van der Waals surface area contributed by atoms with Gasteiger partial charge in [0.2, 0.25) is 5.91 Å². The van der Waals surface area contributed by atoms with Crippen LogP contribution in [0.2, 0.25) is 5.02 Å². The number of thiophene rings is 1. The maximum atomic E-state index is 13.7. The van der Waals surface area contributed by atoms with Crippen LogP contribution in [0.25, 0.3) is 11.1 Å². The minimum Gasteiger partial charge on any atom is -0.387 e. The molecule has 0 saturated heterocycles. The second-order valence-electron chi connectivity index (χ2n) is 5.83. The van der Waals surface area contributed by atoms with E-state index in [1.54, 1.807) is 11.3 Å². The van der Waals surface area contributed by atoms with Crippen molar-refractivity contribution < 1.29 is 14.3 Å². The van der Waals surface area contributed by atoms with Crippen LogP contribution in [0.3, 0.4) is 0 Å². The largest absolute Gasteiger partial charge is 0.387 e. The van der Waals surface area contributed by atoms with Gasteiger partial charge < -0.3 is 10.4 Å². The van der Waals surface area contributed by atoms with E-state index < -0.39 is 17.8 Å². The van der Waals surface area contributed by atoms with Crippen molar-refractivity contribution in [2.45, 2.75) is 12.5 Å². The van der Waals surface area contributed by atoms with Crippen LogP contribution in [0.5, 0.6) is 0 Å². The van der Waals surface area contributed by atoms with Gasteiger partial charge >= 0.3 is 0 Å². The number of aliphatic hydroxyl groups excluding tert-OH is 1. The zero-order valence-corrected chi connectivity index (χ0v) is 15.4. The summed E-state index contributed by atoms with van der Waals surface area (Å²) in [5.74, 6) is -0.914. The summed E-state index contributed by atoms with van der Waals surface area (Å²) in [5.41, 5.74) is 3.06. The molecule has 0 spiro atoms. The van der Waals surface area contributed by atoms with Crippen molar-refractivity contribution in [3.05, 3.63) is 81.3 Å². The van der Waals surface area contributed by atoms with Gasteiger partial charge in [-0.1, -0.05) is 41.9 Å². The highest BCUT2D eigenvalue weighted by Crippen LogP contribution is 2.24. The molecule has 0 bridgehead atoms. The summed E-state index contributed by atoms with van der Waals surface area (Å²) in [7, 11) is 0. The summed E-state index contributed by atoms with van der Waals surface area (Å²) < 4.78 is 13.7. The lowest BCUT2D eigenvalue weighted by Gasteiger charge is -2.13. The Morgan fingerprint density at radius 2 is 1.92 bits per heavy atom. The van der Waals surface area contributed by atoms with Gasteiger partial charge in [0.1, 0.15) is 5.82 Å². The summed E-state index contributed by atoms with van der Waals surface area (Å²) in [6, 6.07) is 13.8. The lowest BCUT2D eigenvalue weighted by molar-refractivity contribution is -0.120. The zero-order valence-electron chi connectivity index (χ0n) is 13.8. The topological polar surface area (TPSA) is 49.3 Å². The highest BCUT2D eigenvalue weighted by atomic mass is 35.5. The van der Waals surface area contributed by atoms with Gasteiger partial charge in [-0.15, -0.1) is 0 Å². The quantitative estimate of drug-likeness (QED) is 0.647. The average molecular weight is 390 g/mol. The van der Waals surface area contributed by atoms with Gasteiger partial charge in [-0.25, -0.2) is 4.39 Å². The molecule has 3 rings (SSSR count). The molecule has 1 unspecified atom stereocenters. The lowest BCUT2D eigenvalue weighted by atomic mass is 10.0. The first kappa shape index (κ1) is 18.6. The number of hydrogen-bond donors (Lipinski definition) is 2. The lowest BCUT2D eigenvalue weighted by Crippen LogP contribution is -2.30. The van der Waals surface area contributed by atoms with E-state index in [1.165, 1.54) is 18.2 Å². The molecule has 1 heterocycles. The normalized spacial score (nSPS) is 12.0. The highest BCUT2D eigenvalue weighted by molar-refractivity contribution is 7.08. The predicted octanol–water partition coefficient (Wildman–Crippen LogP) is 4.60. The summed E-state index contributed by atoms with van der Waals surface area (Å²) in [6.07, 6.45) is -1.01. The van der Waals surface area contributed by atoms with E-state index in [2.05, 4.69) is 10.7 Å². The molecule has 134 valence electrons. The molecule has 0 aliphatic heterocycles. The molecule has 0 radical (unpaired) electrons. The van der Waals surface area contributed by atoms with E-state index >= 15 is 0 Å². The fraction of sp³-hybridized carbons (Fsp3) is 0.150. The first-order chi connectivity index (χ1) is 12.5. The molecule has 1 aromatic heterocycles. The van der Waals surface area contributed by atoms with Gasteiger partial charge in [0.05, 0.1) is 12.5 Å². The second kappa shape index (κ2) is 8.45. The fourth-order valence-electron chi connectivity index (χ4n) is 2.58. The van der Waals surface area contributed by atoms with Crippen LogP contribution in [0.1, 0.15) is 17.2 Å². The summed E-state index contributed by atoms with van der Waals surface area (Å²) >= 11 is 7.55. The molecule has 2 N–H and O–H groups in total. The number of halogens is 2. The van der Waals surface area contributed by atoms with Crippen molar-refractivity contribution in [2.75, 3.05) is 6.54 Å². The predicted molar refractivity (Wildman–Crippen MR) is 103 cm³/mol. The molecule has 0 aliphatic rings. The van der Waals surface area contributed by atoms with Crippen molar-refractivity contribution in [3.63, 3.8) is 0 Å². The van der Waals surface area contributed by atoms with Gasteiger partial charge in [0.15, 0.2) is 0 Å². The number of hydrogen-bond acceptors (Lipinski definition) is 3. The minimum atomic E-state index is -0.841. The Hall–Kier alpha value is -2.21. The van der Waals surface area contributed by atoms with E-state index in [0.29, 0.717) is 5.56 Å². The molecule has 1 atom stereocenters. The molecule has 26 heavy (non-hydrogen) atoms. The van der Waals surface area contributed by atoms with E-state index in [1.807, 2.05) is 35.7 Å². The molecular formula is C20H17ClFNO2S. The monoisotopic (exact) mass is 389 g/mol. The number of carbonyl (C=O) groups excluding carboxylic acids is 1. The van der Waals surface area contributed by atoms with Gasteiger partial charge in [-0.3, -0.25) is 4.79 Å². The van der Waals surface area contributed by atoms with Crippen LogP contribution in [0.15, 0.2) is 59.3 Å². The molecule has 0 saturated carbocycles. The summed E-state index contributed by atoms with van der Waals surface area (Å²) in [4.78, 5) is 12.0. The Kier molecular flexibility index (Phi) is 6.04. The second-order valence-corrected chi connectivity index (χ2v) is 7.02. The number of benzene rings is 2. The number of amides is 1. The van der Waals surface area contributed by atoms with Crippen LogP contribution in [-0.4, -0.2) is 17.6 Å². The maximum Gasteiger partial charge on any atom is 0.224 e. The van der Waals surface area contributed by atoms with Crippen LogP contribution in [0, 0.1) is 5.82 Å². The standard InChI is InChI=1S/C20H17ClFNO2S/c21-17-2-1-3-18(22)16(17)10-20(25)23-11-19(24)14-6-4-13(5-7-14)15-8-9-26-12-15/h1-9,12,19,24H,10-11H2,(H,23,25). The van der Waals surface area contributed by atoms with Crippen LogP contribution >= 0.6 is 22.9 Å². The van der Waals surface area contributed by atoms with Crippen molar-refractivity contribution in [3.8, 4) is 11.1 Å². The van der Waals surface area contributed by atoms with E-state index in [4.69, 9.17) is 11.6 Å². The maximum absolute atomic E-state index is 13.7. The van der Waals surface area contributed by atoms with Crippen LogP contribution in [-0.2, 0) is 11.2 Å². The molecule has 3 aromatic rings. The van der Waals surface area contributed by atoms with Crippen LogP contribution < -0.4 is 5.32 Å². The Bertz CT molecular complexity index is 861. The van der Waals surface area contributed by atoms with E-state index in [0.717, 1.165) is 11.1 Å². The Balaban J connectivity index is 1.56. The molecule has 0 fully saturated rings. The van der Waals surface area contributed by atoms with Crippen molar-refractivity contribution in [1.29, 1.82) is 0 Å². The van der Waals surface area contributed by atoms with Gasteiger partial charge in [0.25, 0.3) is 0 Å². The minimum absolute atomic E-state index is 0.0443. The third-order valence-corrected chi connectivity index (χ3v) is 5.08. The fourth-order valence-corrected chi connectivity index (χ4v) is 3.47. The third-order valence-electron chi connectivity index (χ3n) is 4.04. The molecule has 0 aliphatic carbocycles. The van der Waals surface area contributed by atoms with E-state index in [-0.39, 0.29) is 23.6 Å². The number of nitrogens with one attached hydrogen (secondary N) is 1. The smallest absolute Gasteiger partial charge is 0.224 e. The Morgan fingerprint density at radius 3 is 2.58 bits per heavy atom. The first-order valence-electron chi connectivity index (χ1n) is 8.05. The SMILES string of the molecule is O=C(Cc1c(F)cccc1Cl)NCC(O)c1ccc(-c2ccsc2)cc1. The van der Waals surface area contributed by atoms with Gasteiger partial charge in [-0.2, -0.15) is 11.3 Å². The molecule has 3 nitrogen and oxygen atoms in total. The van der Waals surface area contributed by atoms with Gasteiger partial charge in [-0.05, 0) is 45.6 Å². The number of rotatable bonds is 6. The zero-order chi connectivity index (χ0) is 18.5. The Labute approximate surface area is 160 Å². The Morgan fingerprint density at radius 1 is 1.15 bits per heavy atom. The third kappa shape index (κ3) is 4.49. The first-order valence-corrected chi connectivity index (χ1v) is 9.37. The molecule has 1 amide bonds. The van der Waals surface area contributed by atoms with Gasteiger partial charge in [0, 0.05) is 17.1 Å². The number of aliphatic hydroxyl groups is 1. The molecular weight excluding hydrogens is 373 g/mol. The highest BCUT2D eigenvalue weighted by Gasteiger charge is 2.14.